The number of carbonyl (C=O) groups excluding carboxylic acids is 3. The average Bonchev–Trinajstić information content (AvgIpc) is 3.58. The van der Waals surface area contributed by atoms with Crippen molar-refractivity contribution >= 4 is 69.5 Å². The first kappa shape index (κ1) is 39.9. The van der Waals surface area contributed by atoms with Gasteiger partial charge in [0.15, 0.2) is 17.5 Å². The van der Waals surface area contributed by atoms with Gasteiger partial charge in [0.05, 0.1) is 34.3 Å². The van der Waals surface area contributed by atoms with Gasteiger partial charge < -0.3 is 16.0 Å². The van der Waals surface area contributed by atoms with Gasteiger partial charge in [-0.3, -0.25) is 14.4 Å². The van der Waals surface area contributed by atoms with E-state index in [4.69, 9.17) is 34.8 Å². The monoisotopic (exact) mass is 801 g/mol. The van der Waals surface area contributed by atoms with E-state index in [0.29, 0.717) is 24.3 Å². The Hall–Kier alpha value is -3.90. The fourth-order valence-electron chi connectivity index (χ4n) is 4.95. The maximum Gasteiger partial charge on any atom is 0.419 e. The van der Waals surface area contributed by atoms with Crippen LogP contribution in [0.1, 0.15) is 33.8 Å². The number of nitrogens with one attached hydrogen (secondary N) is 3. The molecule has 0 saturated heterocycles. The first-order valence-electron chi connectivity index (χ1n) is 13.9. The number of hydrogen-bond acceptors (Lipinski definition) is 4. The molecule has 51 heavy (non-hydrogen) atoms. The highest BCUT2D eigenvalue weighted by molar-refractivity contribution is 6.53. The van der Waals surface area contributed by atoms with Gasteiger partial charge in [0.25, 0.3) is 5.91 Å². The average molecular weight is 803 g/mol. The molecule has 0 bridgehead atoms. The van der Waals surface area contributed by atoms with Crippen LogP contribution in [0.25, 0.3) is 0 Å². The van der Waals surface area contributed by atoms with Crippen molar-refractivity contribution in [3.63, 3.8) is 0 Å². The molecule has 3 aromatic rings. The minimum atomic E-state index is -5.91. The highest BCUT2D eigenvalue weighted by atomic mass is 35.5. The lowest BCUT2D eigenvalue weighted by Crippen LogP contribution is -2.39. The molecular formula is C30H18Cl3F12N3O3. The second kappa shape index (κ2) is 14.3. The van der Waals surface area contributed by atoms with Gasteiger partial charge in [-0.05, 0) is 48.0 Å². The van der Waals surface area contributed by atoms with Gasteiger partial charge in [-0.1, -0.05) is 17.7 Å². The number of halogens is 15. The summed E-state index contributed by atoms with van der Waals surface area (Å²) in [5.74, 6) is -15.4. The number of hydrogen-bond donors (Lipinski definition) is 3. The zero-order valence-corrected chi connectivity index (χ0v) is 26.9. The lowest BCUT2D eigenvalue weighted by molar-refractivity contribution is -0.283. The molecular weight excluding hydrogens is 785 g/mol. The summed E-state index contributed by atoms with van der Waals surface area (Å²) in [7, 11) is 0. The second-order valence-electron chi connectivity index (χ2n) is 11.0. The minimum absolute atomic E-state index is 0.0161. The van der Waals surface area contributed by atoms with Gasteiger partial charge in [0.1, 0.15) is 21.7 Å². The lowest BCUT2D eigenvalue weighted by atomic mass is 10.0. The van der Waals surface area contributed by atoms with Gasteiger partial charge in [-0.25, -0.2) is 13.2 Å². The van der Waals surface area contributed by atoms with Crippen molar-refractivity contribution in [2.24, 2.45) is 11.8 Å². The number of anilines is 3. The Labute approximate surface area is 293 Å². The van der Waals surface area contributed by atoms with Gasteiger partial charge in [0.2, 0.25) is 5.91 Å². The maximum atomic E-state index is 15.1. The zero-order valence-electron chi connectivity index (χ0n) is 24.7. The highest BCUT2D eigenvalue weighted by Crippen LogP contribution is 2.65. The quantitative estimate of drug-likeness (QED) is 0.141. The molecule has 0 aliphatic heterocycles. The molecule has 4 rings (SSSR count). The Morgan fingerprint density at radius 2 is 1.41 bits per heavy atom. The van der Waals surface area contributed by atoms with Crippen molar-refractivity contribution in [2.75, 3.05) is 22.5 Å². The zero-order chi connectivity index (χ0) is 38.4. The molecule has 0 aromatic heterocycles. The summed E-state index contributed by atoms with van der Waals surface area (Å²) in [6.07, 6.45) is -19.1. The van der Waals surface area contributed by atoms with Gasteiger partial charge in [-0.15, -0.1) is 23.2 Å². The summed E-state index contributed by atoms with van der Waals surface area (Å²) in [5.41, 5.74) is -4.50. The largest absolute Gasteiger partial charge is 0.419 e. The van der Waals surface area contributed by atoms with Crippen LogP contribution in [-0.2, 0) is 15.8 Å². The van der Waals surface area contributed by atoms with E-state index in [1.807, 2.05) is 5.32 Å². The molecule has 3 aromatic carbocycles. The van der Waals surface area contributed by atoms with Crippen LogP contribution in [0.2, 0.25) is 5.02 Å². The van der Waals surface area contributed by atoms with Crippen LogP contribution in [0.4, 0.5) is 69.7 Å². The van der Waals surface area contributed by atoms with E-state index in [-0.39, 0.29) is 16.3 Å². The summed E-state index contributed by atoms with van der Waals surface area (Å²) in [6.45, 7) is -0.558. The van der Waals surface area contributed by atoms with Crippen LogP contribution in [-0.4, -0.2) is 40.8 Å². The third kappa shape index (κ3) is 8.95. The maximum absolute atomic E-state index is 15.1. The van der Waals surface area contributed by atoms with Gasteiger partial charge >= 0.3 is 18.5 Å². The van der Waals surface area contributed by atoms with E-state index < -0.39 is 111 Å². The van der Waals surface area contributed by atoms with E-state index in [1.54, 1.807) is 0 Å². The van der Waals surface area contributed by atoms with Crippen molar-refractivity contribution in [3.8, 4) is 0 Å². The predicted octanol–water partition coefficient (Wildman–Crippen LogP) is 9.67. The van der Waals surface area contributed by atoms with E-state index in [1.165, 1.54) is 11.4 Å². The smallest absolute Gasteiger partial charge is 0.378 e. The molecule has 0 unspecified atom stereocenters. The van der Waals surface area contributed by atoms with Crippen LogP contribution in [0.15, 0.2) is 48.5 Å². The third-order valence-corrected chi connectivity index (χ3v) is 8.79. The van der Waals surface area contributed by atoms with Gasteiger partial charge in [-0.2, -0.15) is 39.5 Å². The van der Waals surface area contributed by atoms with Crippen LogP contribution in [0.3, 0.4) is 0 Å². The topological polar surface area (TPSA) is 87.3 Å². The van der Waals surface area contributed by atoms with E-state index in [0.717, 1.165) is 18.2 Å². The standard InChI is InChI=1S/C30H18Cl3F12N3O3/c31-15-3-2-12(46-10-19(49)23-22(27(23,32)33)11-1-4-16(34)14(7-11)28(37,38)39)8-13(15)26(51)47-18-6-5-17(35)25(24(18)36)48-21(50)9-20(29(40,41)42)30(43,44)45/h1-8,20,22-23,46H,9-10H2,(H,47,51)(H,48,50)/t22-,23-/m0/s1. The molecule has 0 heterocycles. The van der Waals surface area contributed by atoms with Crippen molar-refractivity contribution < 1.29 is 67.1 Å². The number of rotatable bonds is 10. The van der Waals surface area contributed by atoms with Crippen molar-refractivity contribution in [2.45, 2.75) is 35.2 Å². The lowest BCUT2D eigenvalue weighted by Gasteiger charge is -2.22. The molecule has 1 saturated carbocycles. The summed E-state index contributed by atoms with van der Waals surface area (Å²) in [6, 6.07) is 6.55. The number of Topliss-reactive ketones (excluding diaryl/α,β-unsaturated/α-hetero) is 1. The molecule has 2 atom stereocenters. The molecule has 0 radical (unpaired) electrons. The number of ketones is 1. The molecule has 276 valence electrons. The van der Waals surface area contributed by atoms with E-state index in [2.05, 4.69) is 5.32 Å². The molecule has 21 heteroatoms. The summed E-state index contributed by atoms with van der Waals surface area (Å²) >= 11 is 18.4. The SMILES string of the molecule is O=C(CC(C(F)(F)F)C(F)(F)F)Nc1c(F)ccc(NC(=O)c2cc(NCC(=O)[C@H]3[C@H](c4ccc(F)c(C(F)(F)F)c4)C3(Cl)Cl)ccc2Cl)c1F. The van der Waals surface area contributed by atoms with Crippen molar-refractivity contribution in [3.05, 3.63) is 87.7 Å². The minimum Gasteiger partial charge on any atom is -0.378 e. The Morgan fingerprint density at radius 1 is 0.804 bits per heavy atom. The van der Waals surface area contributed by atoms with Crippen LogP contribution >= 0.6 is 34.8 Å². The van der Waals surface area contributed by atoms with Crippen LogP contribution in [0, 0.1) is 29.3 Å². The normalized spacial score (nSPS) is 17.3. The second-order valence-corrected chi connectivity index (χ2v) is 12.9. The summed E-state index contributed by atoms with van der Waals surface area (Å²) in [5, 5.41) is 5.61. The number of carbonyl (C=O) groups is 3. The van der Waals surface area contributed by atoms with E-state index in [9.17, 15) is 62.7 Å². The number of amides is 2. The number of benzene rings is 3. The molecule has 1 aliphatic rings. The third-order valence-electron chi connectivity index (χ3n) is 7.52. The summed E-state index contributed by atoms with van der Waals surface area (Å²) < 4.78 is 158. The molecule has 1 fully saturated rings. The van der Waals surface area contributed by atoms with Gasteiger partial charge in [0, 0.05) is 18.0 Å². The molecule has 0 spiro atoms. The van der Waals surface area contributed by atoms with Crippen LogP contribution < -0.4 is 16.0 Å². The first-order valence-corrected chi connectivity index (χ1v) is 15.0. The predicted molar refractivity (Wildman–Crippen MR) is 160 cm³/mol. The molecule has 6 nitrogen and oxygen atoms in total. The Bertz CT molecular complexity index is 1850. The molecule has 3 N–H and O–H groups in total. The first-order chi connectivity index (χ1) is 23.3. The molecule has 1 aliphatic carbocycles. The van der Waals surface area contributed by atoms with Crippen LogP contribution in [0.5, 0.6) is 0 Å². The number of alkyl halides is 11. The fourth-order valence-corrected chi connectivity index (χ4v) is 6.03. The fraction of sp³-hybridized carbons (Fsp3) is 0.300. The highest BCUT2D eigenvalue weighted by Gasteiger charge is 2.67. The molecule has 2 amide bonds. The summed E-state index contributed by atoms with van der Waals surface area (Å²) in [4.78, 5) is 37.8. The Balaban J connectivity index is 1.45. The van der Waals surface area contributed by atoms with E-state index >= 15 is 4.39 Å². The Kier molecular flexibility index (Phi) is 11.1. The van der Waals surface area contributed by atoms with Crippen molar-refractivity contribution in [1.29, 1.82) is 0 Å². The van der Waals surface area contributed by atoms with Crippen molar-refractivity contribution in [1.82, 2.24) is 0 Å². The Morgan fingerprint density at radius 3 is 2.00 bits per heavy atom.